The first kappa shape index (κ1) is 14.9. The lowest BCUT2D eigenvalue weighted by molar-refractivity contribution is 0.0762. The number of ether oxygens (including phenoxy) is 1. The Hall–Kier alpha value is -1.49. The van der Waals surface area contributed by atoms with Gasteiger partial charge in [-0.1, -0.05) is 6.92 Å². The summed E-state index contributed by atoms with van der Waals surface area (Å²) in [5.41, 5.74) is 0.557. The highest BCUT2D eigenvalue weighted by Crippen LogP contribution is 2.17. The zero-order chi connectivity index (χ0) is 14.4. The first-order valence-corrected chi connectivity index (χ1v) is 7.38. The molecule has 1 aliphatic rings. The van der Waals surface area contributed by atoms with E-state index in [0.29, 0.717) is 11.7 Å². The molecule has 1 saturated heterocycles. The van der Waals surface area contributed by atoms with Gasteiger partial charge in [0.05, 0.1) is 11.7 Å². The van der Waals surface area contributed by atoms with Gasteiger partial charge in [-0.2, -0.15) is 0 Å². The Labute approximate surface area is 120 Å². The molecule has 0 aliphatic carbocycles. The van der Waals surface area contributed by atoms with Crippen LogP contribution in [0.2, 0.25) is 0 Å². The molecule has 5 heteroatoms. The smallest absolute Gasteiger partial charge is 0.256 e. The minimum absolute atomic E-state index is 0.0139. The normalized spacial score (nSPS) is 18.2. The Kier molecular flexibility index (Phi) is 5.47. The van der Waals surface area contributed by atoms with Crippen LogP contribution in [0.3, 0.4) is 0 Å². The molecule has 5 nitrogen and oxygen atoms in total. The van der Waals surface area contributed by atoms with Gasteiger partial charge in [0.25, 0.3) is 5.91 Å². The fourth-order valence-electron chi connectivity index (χ4n) is 2.40. The molecule has 1 amide bonds. The van der Waals surface area contributed by atoms with Gasteiger partial charge in [-0.15, -0.1) is 0 Å². The summed E-state index contributed by atoms with van der Waals surface area (Å²) in [7, 11) is 1.82. The van der Waals surface area contributed by atoms with Crippen molar-refractivity contribution in [3.63, 3.8) is 0 Å². The van der Waals surface area contributed by atoms with Crippen LogP contribution in [0, 0.1) is 0 Å². The minimum atomic E-state index is -0.0139. The second-order valence-electron chi connectivity index (χ2n) is 5.25. The molecule has 110 valence electrons. The van der Waals surface area contributed by atoms with E-state index in [-0.39, 0.29) is 5.91 Å². The van der Waals surface area contributed by atoms with Gasteiger partial charge in [-0.05, 0) is 25.7 Å². The summed E-state index contributed by atoms with van der Waals surface area (Å²) in [6.07, 6.45) is 8.74. The highest BCUT2D eigenvalue weighted by atomic mass is 16.5. The average Bonchev–Trinajstić information content (AvgIpc) is 2.99. The van der Waals surface area contributed by atoms with Gasteiger partial charge in [0.2, 0.25) is 0 Å². The molecule has 1 unspecified atom stereocenters. The van der Waals surface area contributed by atoms with Gasteiger partial charge < -0.3 is 9.64 Å². The summed E-state index contributed by atoms with van der Waals surface area (Å²) in [5, 5.41) is 0. The van der Waals surface area contributed by atoms with E-state index in [4.69, 9.17) is 4.74 Å². The summed E-state index contributed by atoms with van der Waals surface area (Å²) in [6.45, 7) is 3.63. The molecule has 2 heterocycles. The number of aromatic nitrogens is 2. The van der Waals surface area contributed by atoms with Crippen molar-refractivity contribution >= 4 is 5.91 Å². The molecule has 1 aromatic heterocycles. The topological polar surface area (TPSA) is 55.3 Å². The lowest BCUT2D eigenvalue weighted by Gasteiger charge is -2.18. The van der Waals surface area contributed by atoms with Crippen molar-refractivity contribution in [3.05, 3.63) is 23.8 Å². The third kappa shape index (κ3) is 4.00. The molecule has 1 atom stereocenters. The van der Waals surface area contributed by atoms with Crippen molar-refractivity contribution in [1.82, 2.24) is 14.9 Å². The summed E-state index contributed by atoms with van der Waals surface area (Å²) in [5.74, 6) is 0.752. The van der Waals surface area contributed by atoms with Gasteiger partial charge in [0, 0.05) is 39.0 Å². The fraction of sp³-hybridized carbons (Fsp3) is 0.667. The number of carbonyl (C=O) groups excluding carboxylic acids is 1. The van der Waals surface area contributed by atoms with Crippen LogP contribution in [0.15, 0.2) is 12.4 Å². The van der Waals surface area contributed by atoms with E-state index >= 15 is 0 Å². The molecule has 0 spiro atoms. The van der Waals surface area contributed by atoms with Crippen LogP contribution in [0.5, 0.6) is 0 Å². The van der Waals surface area contributed by atoms with Crippen LogP contribution in [0.4, 0.5) is 0 Å². The first-order chi connectivity index (χ1) is 9.70. The Bertz CT molecular complexity index is 427. The lowest BCUT2D eigenvalue weighted by atomic mass is 10.1. The van der Waals surface area contributed by atoms with Gasteiger partial charge in [-0.3, -0.25) is 4.79 Å². The summed E-state index contributed by atoms with van der Waals surface area (Å²) in [6, 6.07) is 0. The molecule has 0 radical (unpaired) electrons. The quantitative estimate of drug-likeness (QED) is 0.798. The Balaban J connectivity index is 1.78. The van der Waals surface area contributed by atoms with Crippen LogP contribution in [-0.4, -0.2) is 47.1 Å². The fourth-order valence-corrected chi connectivity index (χ4v) is 2.40. The van der Waals surface area contributed by atoms with Crippen molar-refractivity contribution in [3.8, 4) is 0 Å². The zero-order valence-electron chi connectivity index (χ0n) is 12.3. The monoisotopic (exact) mass is 277 g/mol. The van der Waals surface area contributed by atoms with Crippen molar-refractivity contribution in [2.75, 3.05) is 20.2 Å². The summed E-state index contributed by atoms with van der Waals surface area (Å²) >= 11 is 0. The van der Waals surface area contributed by atoms with E-state index in [9.17, 15) is 4.79 Å². The standard InChI is InChI=1S/C15H23N3O2/c1-3-14-16-10-12(11-17-14)15(19)18(2)8-4-6-13-7-5-9-20-13/h10-11,13H,3-9H2,1-2H3. The zero-order valence-corrected chi connectivity index (χ0v) is 12.3. The molecule has 0 aromatic carbocycles. The predicted molar refractivity (Wildman–Crippen MR) is 76.6 cm³/mol. The van der Waals surface area contributed by atoms with Crippen molar-refractivity contribution in [1.29, 1.82) is 0 Å². The number of hydrogen-bond acceptors (Lipinski definition) is 4. The third-order valence-electron chi connectivity index (χ3n) is 3.66. The number of nitrogens with zero attached hydrogens (tertiary/aromatic N) is 3. The van der Waals surface area contributed by atoms with Crippen LogP contribution < -0.4 is 0 Å². The molecule has 1 aromatic rings. The molecule has 0 bridgehead atoms. The number of hydrogen-bond donors (Lipinski definition) is 0. The minimum Gasteiger partial charge on any atom is -0.378 e. The molecule has 20 heavy (non-hydrogen) atoms. The number of rotatable bonds is 6. The van der Waals surface area contributed by atoms with Crippen LogP contribution in [-0.2, 0) is 11.2 Å². The van der Waals surface area contributed by atoms with Gasteiger partial charge in [0.15, 0.2) is 0 Å². The van der Waals surface area contributed by atoms with Crippen LogP contribution in [0.25, 0.3) is 0 Å². The van der Waals surface area contributed by atoms with E-state index in [1.165, 1.54) is 6.42 Å². The van der Waals surface area contributed by atoms with Crippen molar-refractivity contribution < 1.29 is 9.53 Å². The maximum atomic E-state index is 12.2. The number of carbonyl (C=O) groups is 1. The molecule has 2 rings (SSSR count). The van der Waals surface area contributed by atoms with Gasteiger partial charge in [0.1, 0.15) is 5.82 Å². The van der Waals surface area contributed by atoms with Gasteiger partial charge in [-0.25, -0.2) is 9.97 Å². The first-order valence-electron chi connectivity index (χ1n) is 7.38. The summed E-state index contributed by atoms with van der Waals surface area (Å²) in [4.78, 5) is 22.3. The Morgan fingerprint density at radius 2 is 2.20 bits per heavy atom. The molecule has 0 N–H and O–H groups in total. The van der Waals surface area contributed by atoms with E-state index in [1.807, 2.05) is 14.0 Å². The van der Waals surface area contributed by atoms with Gasteiger partial charge >= 0.3 is 0 Å². The van der Waals surface area contributed by atoms with Crippen molar-refractivity contribution in [2.45, 2.75) is 45.1 Å². The van der Waals surface area contributed by atoms with Crippen LogP contribution in [0.1, 0.15) is 48.8 Å². The Morgan fingerprint density at radius 3 is 2.80 bits per heavy atom. The third-order valence-corrected chi connectivity index (χ3v) is 3.66. The van der Waals surface area contributed by atoms with E-state index < -0.39 is 0 Å². The molecule has 1 aliphatic heterocycles. The van der Waals surface area contributed by atoms with E-state index in [1.54, 1.807) is 17.3 Å². The largest absolute Gasteiger partial charge is 0.378 e. The Morgan fingerprint density at radius 1 is 1.45 bits per heavy atom. The predicted octanol–water partition coefficient (Wildman–Crippen LogP) is 2.07. The van der Waals surface area contributed by atoms with E-state index in [0.717, 1.165) is 44.7 Å². The van der Waals surface area contributed by atoms with Crippen LogP contribution >= 0.6 is 0 Å². The SMILES string of the molecule is CCc1ncc(C(=O)N(C)CCCC2CCCO2)cn1. The maximum Gasteiger partial charge on any atom is 0.256 e. The highest BCUT2D eigenvalue weighted by molar-refractivity contribution is 5.93. The average molecular weight is 277 g/mol. The molecule has 0 saturated carbocycles. The molecule has 1 fully saturated rings. The van der Waals surface area contributed by atoms with E-state index in [2.05, 4.69) is 9.97 Å². The number of aryl methyl sites for hydroxylation is 1. The molecular formula is C15H23N3O2. The second kappa shape index (κ2) is 7.33. The lowest BCUT2D eigenvalue weighted by Crippen LogP contribution is -2.28. The highest BCUT2D eigenvalue weighted by Gasteiger charge is 2.17. The van der Waals surface area contributed by atoms with Crippen molar-refractivity contribution in [2.24, 2.45) is 0 Å². The molecular weight excluding hydrogens is 254 g/mol. The number of amides is 1. The second-order valence-corrected chi connectivity index (χ2v) is 5.25. The summed E-state index contributed by atoms with van der Waals surface area (Å²) < 4.78 is 5.58. The maximum absolute atomic E-state index is 12.2.